The molecule has 0 unspecified atom stereocenters. The number of anilines is 1. The molecule has 0 atom stereocenters. The summed E-state index contributed by atoms with van der Waals surface area (Å²) in [6, 6.07) is 3.49. The van der Waals surface area contributed by atoms with Crippen LogP contribution in [0.4, 0.5) is 5.88 Å². The van der Waals surface area contributed by atoms with Crippen molar-refractivity contribution in [3.05, 3.63) is 50.9 Å². The summed E-state index contributed by atoms with van der Waals surface area (Å²) in [4.78, 5) is 38.5. The third kappa shape index (κ3) is 4.05. The van der Waals surface area contributed by atoms with Crippen molar-refractivity contribution in [3.63, 3.8) is 0 Å². The molecule has 3 aromatic rings. The number of fused-ring (bicyclic) bond motifs is 1. The Morgan fingerprint density at radius 2 is 1.55 bits per heavy atom. The Hall–Kier alpha value is -3.55. The molecule has 0 spiro atoms. The predicted octanol–water partition coefficient (Wildman–Crippen LogP) is 4.45. The van der Waals surface area contributed by atoms with Crippen molar-refractivity contribution in [2.24, 2.45) is 0 Å². The number of esters is 2. The van der Waals surface area contributed by atoms with Gasteiger partial charge in [-0.2, -0.15) is 0 Å². The van der Waals surface area contributed by atoms with Gasteiger partial charge in [0.15, 0.2) is 5.76 Å². The number of carbonyl (C=O) groups excluding carboxylic acids is 2. The number of hydrogen-bond donors (Lipinski definition) is 1. The minimum atomic E-state index is -0.847. The lowest BCUT2D eigenvalue weighted by Gasteiger charge is -2.20. The highest BCUT2D eigenvalue weighted by Crippen LogP contribution is 2.36. The van der Waals surface area contributed by atoms with Crippen LogP contribution in [0, 0.1) is 13.8 Å². The van der Waals surface area contributed by atoms with Gasteiger partial charge < -0.3 is 23.6 Å². The highest BCUT2D eigenvalue weighted by molar-refractivity contribution is 6.10. The van der Waals surface area contributed by atoms with Gasteiger partial charge in [-0.1, -0.05) is 0 Å². The van der Waals surface area contributed by atoms with E-state index in [1.165, 1.54) is 20.5 Å². The first-order chi connectivity index (χ1) is 14.5. The first-order valence-corrected chi connectivity index (χ1v) is 9.63. The van der Waals surface area contributed by atoms with Gasteiger partial charge in [-0.25, -0.2) is 9.59 Å². The molecule has 0 saturated carbocycles. The van der Waals surface area contributed by atoms with Crippen LogP contribution in [0.2, 0.25) is 0 Å². The van der Waals surface area contributed by atoms with E-state index in [9.17, 15) is 14.4 Å². The van der Waals surface area contributed by atoms with E-state index in [1.54, 1.807) is 12.1 Å². The molecule has 2 aromatic heterocycles. The molecular weight excluding hydrogens is 402 g/mol. The zero-order valence-electron chi connectivity index (χ0n) is 18.6. The standard InChI is InChI=1S/C23H25NO7/c1-11-8-13-15(9-12(11)2)30-10-14(18(13)25)19-16(21(26)28-6)17(22(27)29-7)20(31-19)24-23(3,4)5/h8-10,24H,1-7H3. The molecule has 2 heterocycles. The number of ether oxygens (including phenoxy) is 2. The van der Waals surface area contributed by atoms with Crippen LogP contribution in [0.3, 0.4) is 0 Å². The first kappa shape index (κ1) is 22.1. The van der Waals surface area contributed by atoms with Gasteiger partial charge in [-0.3, -0.25) is 4.79 Å². The molecule has 0 saturated heterocycles. The van der Waals surface area contributed by atoms with Gasteiger partial charge in [0.05, 0.1) is 19.6 Å². The molecule has 3 rings (SSSR count). The zero-order chi connectivity index (χ0) is 23.1. The maximum Gasteiger partial charge on any atom is 0.344 e. The summed E-state index contributed by atoms with van der Waals surface area (Å²) >= 11 is 0. The average molecular weight is 427 g/mol. The van der Waals surface area contributed by atoms with Crippen molar-refractivity contribution >= 4 is 28.8 Å². The quantitative estimate of drug-likeness (QED) is 0.608. The van der Waals surface area contributed by atoms with Crippen LogP contribution in [0.25, 0.3) is 22.3 Å². The summed E-state index contributed by atoms with van der Waals surface area (Å²) in [5.41, 5.74) is 0.995. The van der Waals surface area contributed by atoms with Crippen molar-refractivity contribution in [2.75, 3.05) is 19.5 Å². The van der Waals surface area contributed by atoms with Crippen molar-refractivity contribution in [1.82, 2.24) is 0 Å². The summed E-state index contributed by atoms with van der Waals surface area (Å²) in [6.07, 6.45) is 1.21. The maximum absolute atomic E-state index is 13.3. The van der Waals surface area contributed by atoms with Crippen molar-refractivity contribution in [3.8, 4) is 11.3 Å². The van der Waals surface area contributed by atoms with E-state index >= 15 is 0 Å². The van der Waals surface area contributed by atoms with Gasteiger partial charge in [0.2, 0.25) is 11.3 Å². The molecule has 164 valence electrons. The lowest BCUT2D eigenvalue weighted by atomic mass is 10.0. The molecule has 1 aromatic carbocycles. The van der Waals surface area contributed by atoms with Crippen LogP contribution in [0.15, 0.2) is 32.0 Å². The Kier molecular flexibility index (Phi) is 5.67. The van der Waals surface area contributed by atoms with Gasteiger partial charge in [-0.05, 0) is 57.9 Å². The Balaban J connectivity index is 2.38. The van der Waals surface area contributed by atoms with Crippen LogP contribution in [0.1, 0.15) is 52.6 Å². The van der Waals surface area contributed by atoms with Gasteiger partial charge in [0.25, 0.3) is 0 Å². The number of hydrogen-bond acceptors (Lipinski definition) is 8. The molecule has 0 fully saturated rings. The maximum atomic E-state index is 13.3. The van der Waals surface area contributed by atoms with E-state index in [-0.39, 0.29) is 28.3 Å². The highest BCUT2D eigenvalue weighted by atomic mass is 16.5. The third-order valence-corrected chi connectivity index (χ3v) is 4.81. The molecule has 8 nitrogen and oxygen atoms in total. The Morgan fingerprint density at radius 3 is 2.13 bits per heavy atom. The molecule has 1 N–H and O–H groups in total. The van der Waals surface area contributed by atoms with Gasteiger partial charge in [-0.15, -0.1) is 0 Å². The normalized spacial score (nSPS) is 11.5. The monoisotopic (exact) mass is 427 g/mol. The van der Waals surface area contributed by atoms with Crippen LogP contribution in [-0.2, 0) is 9.47 Å². The summed E-state index contributed by atoms with van der Waals surface area (Å²) in [5.74, 6) is -1.79. The Labute approximate surface area is 179 Å². The average Bonchev–Trinajstić information content (AvgIpc) is 3.05. The van der Waals surface area contributed by atoms with Gasteiger partial charge in [0.1, 0.15) is 28.5 Å². The smallest absolute Gasteiger partial charge is 0.344 e. The molecule has 0 amide bonds. The number of benzene rings is 1. The van der Waals surface area contributed by atoms with Crippen LogP contribution in [-0.4, -0.2) is 31.7 Å². The molecule has 31 heavy (non-hydrogen) atoms. The van der Waals surface area contributed by atoms with Crippen LogP contribution < -0.4 is 10.7 Å². The Bertz CT molecular complexity index is 1240. The second-order valence-electron chi connectivity index (χ2n) is 8.28. The molecule has 0 aliphatic rings. The van der Waals surface area contributed by atoms with Crippen molar-refractivity contribution in [2.45, 2.75) is 40.2 Å². The predicted molar refractivity (Wildman–Crippen MR) is 116 cm³/mol. The van der Waals surface area contributed by atoms with E-state index in [0.29, 0.717) is 11.0 Å². The lowest BCUT2D eigenvalue weighted by molar-refractivity contribution is 0.0558. The molecule has 0 bridgehead atoms. The first-order valence-electron chi connectivity index (χ1n) is 9.63. The van der Waals surface area contributed by atoms with Crippen molar-refractivity contribution in [1.29, 1.82) is 0 Å². The Morgan fingerprint density at radius 1 is 0.968 bits per heavy atom. The minimum Gasteiger partial charge on any atom is -0.465 e. The fraction of sp³-hybridized carbons (Fsp3) is 0.348. The second-order valence-corrected chi connectivity index (χ2v) is 8.28. The number of methoxy groups -OCH3 is 2. The summed E-state index contributed by atoms with van der Waals surface area (Å²) in [6.45, 7) is 9.35. The number of furan rings is 1. The largest absolute Gasteiger partial charge is 0.465 e. The third-order valence-electron chi connectivity index (χ3n) is 4.81. The molecule has 8 heteroatoms. The van der Waals surface area contributed by atoms with E-state index < -0.39 is 22.9 Å². The van der Waals surface area contributed by atoms with E-state index in [0.717, 1.165) is 11.1 Å². The topological polar surface area (TPSA) is 108 Å². The molecule has 0 aliphatic heterocycles. The van der Waals surface area contributed by atoms with Crippen LogP contribution in [0.5, 0.6) is 0 Å². The number of rotatable bonds is 4. The SMILES string of the molecule is COC(=O)c1c(NC(C)(C)C)oc(-c2coc3cc(C)c(C)cc3c2=O)c1C(=O)OC. The van der Waals surface area contributed by atoms with Crippen molar-refractivity contribution < 1.29 is 27.9 Å². The minimum absolute atomic E-state index is 0.00525. The number of aryl methyl sites for hydroxylation is 2. The second kappa shape index (κ2) is 7.94. The fourth-order valence-electron chi connectivity index (χ4n) is 3.19. The molecular formula is C23H25NO7. The zero-order valence-corrected chi connectivity index (χ0v) is 18.6. The van der Waals surface area contributed by atoms with Crippen LogP contribution >= 0.6 is 0 Å². The lowest BCUT2D eigenvalue weighted by Crippen LogP contribution is -2.27. The van der Waals surface area contributed by atoms with Gasteiger partial charge in [0, 0.05) is 5.54 Å². The summed E-state index contributed by atoms with van der Waals surface area (Å²) in [7, 11) is 2.36. The number of carbonyl (C=O) groups is 2. The van der Waals surface area contributed by atoms with E-state index in [4.69, 9.17) is 18.3 Å². The van der Waals surface area contributed by atoms with E-state index in [1.807, 2.05) is 34.6 Å². The molecule has 0 radical (unpaired) electrons. The fourth-order valence-corrected chi connectivity index (χ4v) is 3.19. The van der Waals surface area contributed by atoms with E-state index in [2.05, 4.69) is 5.32 Å². The summed E-state index contributed by atoms with van der Waals surface area (Å²) < 4.78 is 21.3. The number of nitrogens with one attached hydrogen (secondary N) is 1. The van der Waals surface area contributed by atoms with Gasteiger partial charge >= 0.3 is 11.9 Å². The molecule has 0 aliphatic carbocycles. The summed E-state index contributed by atoms with van der Waals surface area (Å²) in [5, 5.41) is 3.37. The highest BCUT2D eigenvalue weighted by Gasteiger charge is 2.35.